The number of ether oxygens (including phenoxy) is 1. The van der Waals surface area contributed by atoms with Gasteiger partial charge in [0.2, 0.25) is 23.6 Å². The van der Waals surface area contributed by atoms with E-state index in [9.17, 15) is 37.5 Å². The summed E-state index contributed by atoms with van der Waals surface area (Å²) in [6.45, 7) is 5.39. The number of esters is 1. The first-order valence-corrected chi connectivity index (χ1v) is 18.9. The van der Waals surface area contributed by atoms with Crippen molar-refractivity contribution in [2.75, 3.05) is 32.2 Å². The molecule has 51 heavy (non-hydrogen) atoms. The Morgan fingerprint density at radius 3 is 2.16 bits per heavy atom. The van der Waals surface area contributed by atoms with Crippen LogP contribution in [0.5, 0.6) is 5.75 Å². The summed E-state index contributed by atoms with van der Waals surface area (Å²) >= 11 is 0. The Balaban J connectivity index is 2.28. The van der Waals surface area contributed by atoms with Gasteiger partial charge in [-0.2, -0.15) is 0 Å². The van der Waals surface area contributed by atoms with E-state index < -0.39 is 58.1 Å². The second-order valence-electron chi connectivity index (χ2n) is 13.7. The molecular formula is C36H53N5O9S. The lowest BCUT2D eigenvalue weighted by molar-refractivity contribution is -0.143. The molecule has 2 rings (SSSR count). The van der Waals surface area contributed by atoms with Crippen LogP contribution in [-0.2, 0) is 56.8 Å². The molecule has 2 aromatic rings. The van der Waals surface area contributed by atoms with Crippen LogP contribution in [-0.4, -0.2) is 98.4 Å². The fourth-order valence-electron chi connectivity index (χ4n) is 5.29. The summed E-state index contributed by atoms with van der Waals surface area (Å²) in [5.74, 6) is -3.55. The zero-order chi connectivity index (χ0) is 38.4. The first-order chi connectivity index (χ1) is 23.8. The lowest BCUT2D eigenvalue weighted by Gasteiger charge is -2.31. The van der Waals surface area contributed by atoms with E-state index in [-0.39, 0.29) is 55.1 Å². The molecule has 0 aliphatic carbocycles. The number of hydrogen-bond donors (Lipinski definition) is 5. The first kappa shape index (κ1) is 42.8. The van der Waals surface area contributed by atoms with Gasteiger partial charge in [0, 0.05) is 25.6 Å². The number of nitrogens with zero attached hydrogens (tertiary/aromatic N) is 1. The van der Waals surface area contributed by atoms with Gasteiger partial charge in [0.05, 0.1) is 31.5 Å². The Labute approximate surface area is 300 Å². The number of imide groups is 1. The van der Waals surface area contributed by atoms with Gasteiger partial charge >= 0.3 is 5.97 Å². The topological polar surface area (TPSA) is 228 Å². The Hall–Kier alpha value is -4.34. The third-order valence-corrected chi connectivity index (χ3v) is 9.21. The fraction of sp³-hybridized carbons (Fsp3) is 0.528. The molecule has 0 saturated carbocycles. The highest BCUT2D eigenvalue weighted by Crippen LogP contribution is 2.31. The molecule has 15 heteroatoms. The van der Waals surface area contributed by atoms with E-state index in [1.807, 2.05) is 20.8 Å². The van der Waals surface area contributed by atoms with Crippen LogP contribution in [0.25, 0.3) is 0 Å². The number of benzene rings is 2. The average molecular weight is 732 g/mol. The lowest BCUT2D eigenvalue weighted by atomic mass is 9.85. The zero-order valence-electron chi connectivity index (χ0n) is 30.1. The molecule has 7 N–H and O–H groups in total. The summed E-state index contributed by atoms with van der Waals surface area (Å²) in [7, 11) is -2.12. The summed E-state index contributed by atoms with van der Waals surface area (Å²) in [6, 6.07) is 10.3. The summed E-state index contributed by atoms with van der Waals surface area (Å²) in [6.07, 6.45) is 2.47. The SMILES string of the molecule is COC(=O)CCCCCN(C(=O)CNC(=O)[C@H](N)Cc1ccc(O)c(C(C)(C)C)c1)[C@@H](Cc1ccccc1)C(=O)NC(=O)C(N)CCS(C)(=O)=O. The maximum atomic E-state index is 13.8. The molecule has 3 atom stereocenters. The van der Waals surface area contributed by atoms with E-state index in [4.69, 9.17) is 11.5 Å². The van der Waals surface area contributed by atoms with Gasteiger partial charge < -0.3 is 31.5 Å². The van der Waals surface area contributed by atoms with Crippen molar-refractivity contribution in [3.05, 3.63) is 65.2 Å². The summed E-state index contributed by atoms with van der Waals surface area (Å²) in [5.41, 5.74) is 13.9. The third-order valence-electron chi connectivity index (χ3n) is 8.24. The highest BCUT2D eigenvalue weighted by atomic mass is 32.2. The standard InChI is InChI=1S/C36H53N5O9S/c1-36(2,3)26-20-25(15-16-30(26)42)21-28(38)33(45)39-23-31(43)41(18-11-7-10-14-32(44)50-4)29(22-24-12-8-6-9-13-24)35(47)40-34(46)27(37)17-19-51(5,48)49/h6,8-9,12-13,15-16,20,27-29,42H,7,10-11,14,17-19,21-23,37-38H2,1-5H3,(H,39,45)(H,40,46,47)/t27?,28-,29+/m1/s1. The van der Waals surface area contributed by atoms with E-state index in [1.165, 1.54) is 12.0 Å². The maximum Gasteiger partial charge on any atom is 0.305 e. The molecule has 0 radical (unpaired) electrons. The molecule has 0 aromatic heterocycles. The second kappa shape index (κ2) is 19.9. The number of amides is 4. The number of sulfone groups is 1. The molecule has 0 aliphatic rings. The predicted molar refractivity (Wildman–Crippen MR) is 193 cm³/mol. The maximum absolute atomic E-state index is 13.8. The van der Waals surface area contributed by atoms with Gasteiger partial charge in [-0.15, -0.1) is 0 Å². The van der Waals surface area contributed by atoms with Gasteiger partial charge in [-0.05, 0) is 53.9 Å². The largest absolute Gasteiger partial charge is 0.508 e. The smallest absolute Gasteiger partial charge is 0.305 e. The normalized spacial score (nSPS) is 13.4. The molecule has 282 valence electrons. The third kappa shape index (κ3) is 15.2. The molecule has 0 bridgehead atoms. The number of aromatic hydroxyl groups is 1. The minimum Gasteiger partial charge on any atom is -0.508 e. The van der Waals surface area contributed by atoms with Crippen LogP contribution in [0, 0.1) is 0 Å². The Bertz CT molecular complexity index is 1610. The van der Waals surface area contributed by atoms with Gasteiger partial charge in [-0.25, -0.2) is 8.42 Å². The van der Waals surface area contributed by atoms with Crippen LogP contribution in [0.3, 0.4) is 0 Å². The van der Waals surface area contributed by atoms with E-state index in [2.05, 4.69) is 15.4 Å². The minimum absolute atomic E-state index is 0.0108. The summed E-state index contributed by atoms with van der Waals surface area (Å²) in [4.78, 5) is 66.3. The second-order valence-corrected chi connectivity index (χ2v) is 15.9. The summed E-state index contributed by atoms with van der Waals surface area (Å²) < 4.78 is 27.9. The predicted octanol–water partition coefficient (Wildman–Crippen LogP) is 1.25. The van der Waals surface area contributed by atoms with Gasteiger partial charge in [-0.3, -0.25) is 29.3 Å². The number of nitrogens with two attached hydrogens (primary N) is 2. The quantitative estimate of drug-likeness (QED) is 0.102. The number of hydrogen-bond acceptors (Lipinski definition) is 11. The molecule has 4 amide bonds. The van der Waals surface area contributed by atoms with Gasteiger partial charge in [0.25, 0.3) is 0 Å². The Morgan fingerprint density at radius 1 is 0.882 bits per heavy atom. The van der Waals surface area contributed by atoms with Crippen LogP contribution < -0.4 is 22.1 Å². The van der Waals surface area contributed by atoms with Crippen molar-refractivity contribution >= 4 is 39.4 Å². The molecule has 0 aliphatic heterocycles. The van der Waals surface area contributed by atoms with Crippen molar-refractivity contribution in [2.24, 2.45) is 11.5 Å². The van der Waals surface area contributed by atoms with Crippen LogP contribution in [0.15, 0.2) is 48.5 Å². The van der Waals surface area contributed by atoms with E-state index in [1.54, 1.807) is 48.5 Å². The molecule has 0 heterocycles. The number of phenols is 1. The number of carbonyl (C=O) groups is 5. The number of nitrogens with one attached hydrogen (secondary N) is 2. The fourth-order valence-corrected chi connectivity index (χ4v) is 5.97. The van der Waals surface area contributed by atoms with Crippen molar-refractivity contribution in [2.45, 2.75) is 89.3 Å². The van der Waals surface area contributed by atoms with Crippen LogP contribution in [0.2, 0.25) is 0 Å². The molecule has 1 unspecified atom stereocenters. The van der Waals surface area contributed by atoms with Crippen LogP contribution in [0.1, 0.15) is 69.6 Å². The van der Waals surface area contributed by atoms with E-state index in [0.717, 1.165) is 11.8 Å². The number of methoxy groups -OCH3 is 1. The number of carbonyl (C=O) groups excluding carboxylic acids is 5. The van der Waals surface area contributed by atoms with E-state index in [0.29, 0.717) is 30.4 Å². The van der Waals surface area contributed by atoms with Crippen LogP contribution in [0.4, 0.5) is 0 Å². The minimum atomic E-state index is -3.41. The highest BCUT2D eigenvalue weighted by molar-refractivity contribution is 7.90. The van der Waals surface area contributed by atoms with E-state index >= 15 is 0 Å². The zero-order valence-corrected chi connectivity index (χ0v) is 31.0. The average Bonchev–Trinajstić information content (AvgIpc) is 3.06. The number of rotatable bonds is 19. The molecular weight excluding hydrogens is 678 g/mol. The Morgan fingerprint density at radius 2 is 1.55 bits per heavy atom. The van der Waals surface area contributed by atoms with Crippen molar-refractivity contribution in [3.8, 4) is 5.75 Å². The van der Waals surface area contributed by atoms with Crippen molar-refractivity contribution in [3.63, 3.8) is 0 Å². The first-order valence-electron chi connectivity index (χ1n) is 16.9. The molecule has 2 aromatic carbocycles. The Kier molecular flexibility index (Phi) is 16.7. The highest BCUT2D eigenvalue weighted by Gasteiger charge is 2.32. The van der Waals surface area contributed by atoms with Crippen molar-refractivity contribution < 1.29 is 42.2 Å². The lowest BCUT2D eigenvalue weighted by Crippen LogP contribution is -2.56. The molecule has 0 fully saturated rings. The molecule has 0 saturated heterocycles. The molecule has 0 spiro atoms. The molecule has 14 nitrogen and oxygen atoms in total. The van der Waals surface area contributed by atoms with Gasteiger partial charge in [-0.1, -0.05) is 69.7 Å². The summed E-state index contributed by atoms with van der Waals surface area (Å²) in [5, 5.41) is 15.1. The van der Waals surface area contributed by atoms with Gasteiger partial charge in [0.15, 0.2) is 0 Å². The monoisotopic (exact) mass is 731 g/mol. The van der Waals surface area contributed by atoms with Crippen LogP contribution >= 0.6 is 0 Å². The van der Waals surface area contributed by atoms with Crippen molar-refractivity contribution in [1.82, 2.24) is 15.5 Å². The van der Waals surface area contributed by atoms with Gasteiger partial charge in [0.1, 0.15) is 21.6 Å². The number of unbranched alkanes of at least 4 members (excludes halogenated alkanes) is 2. The van der Waals surface area contributed by atoms with Crippen molar-refractivity contribution in [1.29, 1.82) is 0 Å². The number of phenolic OH excluding ortho intramolecular Hbond substituents is 1.